The summed E-state index contributed by atoms with van der Waals surface area (Å²) in [4.78, 5) is 15.3. The normalized spacial score (nSPS) is 15.0. The summed E-state index contributed by atoms with van der Waals surface area (Å²) >= 11 is 7.46. The number of thioether (sulfide) groups is 1. The summed E-state index contributed by atoms with van der Waals surface area (Å²) in [6.07, 6.45) is 2.43. The summed E-state index contributed by atoms with van der Waals surface area (Å²) in [7, 11) is 1.56. The van der Waals surface area contributed by atoms with E-state index >= 15 is 0 Å². The Labute approximate surface area is 197 Å². The highest BCUT2D eigenvalue weighted by molar-refractivity contribution is 8.00. The predicted octanol–water partition coefficient (Wildman–Crippen LogP) is 4.64. The first-order chi connectivity index (χ1) is 15.5. The molecule has 32 heavy (non-hydrogen) atoms. The number of anilines is 1. The smallest absolute Gasteiger partial charge is 0.237 e. The average molecular weight is 472 g/mol. The number of aromatic nitrogens is 3. The van der Waals surface area contributed by atoms with Gasteiger partial charge in [0, 0.05) is 10.7 Å². The van der Waals surface area contributed by atoms with Crippen LogP contribution in [-0.4, -0.2) is 51.0 Å². The number of carbonyl (C=O) groups excluding carboxylic acids is 1. The Bertz CT molecular complexity index is 1070. The van der Waals surface area contributed by atoms with Gasteiger partial charge in [0.25, 0.3) is 0 Å². The molecule has 1 aromatic heterocycles. The molecular weight excluding hydrogens is 446 g/mol. The third-order valence-corrected chi connectivity index (χ3v) is 6.63. The van der Waals surface area contributed by atoms with Gasteiger partial charge in [-0.15, -0.1) is 10.2 Å². The van der Waals surface area contributed by atoms with E-state index in [-0.39, 0.29) is 5.91 Å². The van der Waals surface area contributed by atoms with Crippen molar-refractivity contribution in [2.24, 2.45) is 0 Å². The van der Waals surface area contributed by atoms with Crippen LogP contribution in [0.5, 0.6) is 5.75 Å². The molecule has 0 bridgehead atoms. The van der Waals surface area contributed by atoms with Crippen molar-refractivity contribution in [2.75, 3.05) is 25.5 Å². The van der Waals surface area contributed by atoms with E-state index in [0.29, 0.717) is 21.6 Å². The van der Waals surface area contributed by atoms with Gasteiger partial charge in [-0.1, -0.05) is 41.6 Å². The molecule has 1 fully saturated rings. The fourth-order valence-corrected chi connectivity index (χ4v) is 4.74. The third-order valence-electron chi connectivity index (χ3n) is 5.35. The van der Waals surface area contributed by atoms with E-state index in [2.05, 4.69) is 20.4 Å². The number of amides is 1. The monoisotopic (exact) mass is 471 g/mol. The minimum atomic E-state index is -0.412. The Balaban J connectivity index is 1.55. The predicted molar refractivity (Wildman–Crippen MR) is 128 cm³/mol. The van der Waals surface area contributed by atoms with Gasteiger partial charge in [0.15, 0.2) is 11.0 Å². The molecule has 2 heterocycles. The molecule has 1 amide bonds. The lowest BCUT2D eigenvalue weighted by Gasteiger charge is -2.17. The van der Waals surface area contributed by atoms with Crippen molar-refractivity contribution < 1.29 is 9.53 Å². The maximum absolute atomic E-state index is 12.9. The zero-order valence-electron chi connectivity index (χ0n) is 18.1. The van der Waals surface area contributed by atoms with Crippen LogP contribution >= 0.6 is 23.4 Å². The van der Waals surface area contributed by atoms with E-state index in [1.807, 2.05) is 41.8 Å². The molecular formula is C23H26ClN5O2S. The number of halogens is 1. The van der Waals surface area contributed by atoms with Crippen LogP contribution in [0.1, 0.15) is 25.6 Å². The van der Waals surface area contributed by atoms with Gasteiger partial charge in [0.1, 0.15) is 5.75 Å². The summed E-state index contributed by atoms with van der Waals surface area (Å²) in [6, 6.07) is 15.2. The number of methoxy groups -OCH3 is 1. The largest absolute Gasteiger partial charge is 0.495 e. The molecule has 1 atom stereocenters. The third kappa shape index (κ3) is 5.26. The van der Waals surface area contributed by atoms with Crippen LogP contribution in [0.25, 0.3) is 5.69 Å². The van der Waals surface area contributed by atoms with Gasteiger partial charge in [-0.2, -0.15) is 0 Å². The second kappa shape index (κ2) is 10.4. The fourth-order valence-electron chi connectivity index (χ4n) is 3.68. The maximum Gasteiger partial charge on any atom is 0.237 e. The molecule has 1 unspecified atom stereocenters. The maximum atomic E-state index is 12.9. The van der Waals surface area contributed by atoms with Gasteiger partial charge >= 0.3 is 0 Å². The summed E-state index contributed by atoms with van der Waals surface area (Å²) in [5.74, 6) is 1.27. The minimum Gasteiger partial charge on any atom is -0.495 e. The molecule has 1 aliphatic rings. The van der Waals surface area contributed by atoms with Crippen LogP contribution in [0.3, 0.4) is 0 Å². The van der Waals surface area contributed by atoms with E-state index in [1.165, 1.54) is 24.6 Å². The standard InChI is InChI=1S/C23H26ClN5O2S/c1-16(22(30)25-19-14-17(24)10-11-20(19)31-2)32-23-27-26-21(15-28-12-6-7-13-28)29(23)18-8-4-3-5-9-18/h3-5,8-11,14,16H,6-7,12-13,15H2,1-2H3,(H,25,30). The second-order valence-electron chi connectivity index (χ2n) is 7.65. The molecule has 4 rings (SSSR count). The molecule has 1 aliphatic heterocycles. The number of likely N-dealkylation sites (tertiary alicyclic amines) is 1. The van der Waals surface area contributed by atoms with Crippen molar-refractivity contribution in [1.82, 2.24) is 19.7 Å². The van der Waals surface area contributed by atoms with E-state index in [9.17, 15) is 4.79 Å². The molecule has 9 heteroatoms. The highest BCUT2D eigenvalue weighted by Crippen LogP contribution is 2.30. The van der Waals surface area contributed by atoms with E-state index in [4.69, 9.17) is 16.3 Å². The Morgan fingerprint density at radius 2 is 1.94 bits per heavy atom. The number of benzene rings is 2. The first-order valence-corrected chi connectivity index (χ1v) is 11.8. The molecule has 1 saturated heterocycles. The zero-order chi connectivity index (χ0) is 22.5. The highest BCUT2D eigenvalue weighted by Gasteiger charge is 2.23. The lowest BCUT2D eigenvalue weighted by atomic mass is 10.3. The van der Waals surface area contributed by atoms with Gasteiger partial charge in [0.2, 0.25) is 5.91 Å². The molecule has 3 aromatic rings. The number of hydrogen-bond donors (Lipinski definition) is 1. The lowest BCUT2D eigenvalue weighted by molar-refractivity contribution is -0.115. The van der Waals surface area contributed by atoms with Crippen LogP contribution in [0, 0.1) is 0 Å². The molecule has 0 radical (unpaired) electrons. The molecule has 0 saturated carbocycles. The Morgan fingerprint density at radius 1 is 1.19 bits per heavy atom. The number of carbonyl (C=O) groups is 1. The second-order valence-corrected chi connectivity index (χ2v) is 9.39. The number of ether oxygens (including phenoxy) is 1. The lowest BCUT2D eigenvalue weighted by Crippen LogP contribution is -2.23. The van der Waals surface area contributed by atoms with Gasteiger partial charge in [-0.25, -0.2) is 0 Å². The number of nitrogens with one attached hydrogen (secondary N) is 1. The van der Waals surface area contributed by atoms with Gasteiger partial charge in [-0.3, -0.25) is 14.3 Å². The topological polar surface area (TPSA) is 72.3 Å². The molecule has 1 N–H and O–H groups in total. The van der Waals surface area contributed by atoms with Crippen molar-refractivity contribution in [3.05, 3.63) is 59.4 Å². The zero-order valence-corrected chi connectivity index (χ0v) is 19.7. The molecule has 168 valence electrons. The number of para-hydroxylation sites is 1. The molecule has 7 nitrogen and oxygen atoms in total. The quantitative estimate of drug-likeness (QED) is 0.482. The van der Waals surface area contributed by atoms with Gasteiger partial charge in [-0.05, 0) is 63.2 Å². The fraction of sp³-hybridized carbons (Fsp3) is 0.348. The van der Waals surface area contributed by atoms with E-state index < -0.39 is 5.25 Å². The average Bonchev–Trinajstić information content (AvgIpc) is 3.45. The van der Waals surface area contributed by atoms with Crippen LogP contribution in [0.2, 0.25) is 5.02 Å². The summed E-state index contributed by atoms with van der Waals surface area (Å²) in [5, 5.41) is 12.6. The minimum absolute atomic E-state index is 0.167. The number of rotatable bonds is 8. The van der Waals surface area contributed by atoms with Crippen molar-refractivity contribution in [3.8, 4) is 11.4 Å². The Hall–Kier alpha value is -2.55. The van der Waals surface area contributed by atoms with Gasteiger partial charge < -0.3 is 10.1 Å². The van der Waals surface area contributed by atoms with Crippen molar-refractivity contribution >= 4 is 35.0 Å². The Morgan fingerprint density at radius 3 is 2.66 bits per heavy atom. The van der Waals surface area contributed by atoms with Crippen LogP contribution in [-0.2, 0) is 11.3 Å². The summed E-state index contributed by atoms with van der Waals surface area (Å²) < 4.78 is 7.38. The SMILES string of the molecule is COc1ccc(Cl)cc1NC(=O)C(C)Sc1nnc(CN2CCCC2)n1-c1ccccc1. The van der Waals surface area contributed by atoms with Crippen LogP contribution in [0.15, 0.2) is 53.7 Å². The van der Waals surface area contributed by atoms with Crippen molar-refractivity contribution in [2.45, 2.75) is 36.7 Å². The van der Waals surface area contributed by atoms with Crippen LogP contribution in [0.4, 0.5) is 5.69 Å². The number of nitrogens with zero attached hydrogens (tertiary/aromatic N) is 4. The van der Waals surface area contributed by atoms with E-state index in [0.717, 1.165) is 31.1 Å². The van der Waals surface area contributed by atoms with Crippen LogP contribution < -0.4 is 10.1 Å². The molecule has 0 spiro atoms. The Kier molecular flexibility index (Phi) is 7.34. The molecule has 0 aliphatic carbocycles. The van der Waals surface area contributed by atoms with Crippen molar-refractivity contribution in [3.63, 3.8) is 0 Å². The van der Waals surface area contributed by atoms with E-state index in [1.54, 1.807) is 25.3 Å². The first kappa shape index (κ1) is 22.6. The number of hydrogen-bond acceptors (Lipinski definition) is 6. The van der Waals surface area contributed by atoms with Gasteiger partial charge in [0.05, 0.1) is 24.6 Å². The summed E-state index contributed by atoms with van der Waals surface area (Å²) in [6.45, 7) is 4.73. The summed E-state index contributed by atoms with van der Waals surface area (Å²) in [5.41, 5.74) is 1.52. The highest BCUT2D eigenvalue weighted by atomic mass is 35.5. The van der Waals surface area contributed by atoms with Crippen molar-refractivity contribution in [1.29, 1.82) is 0 Å². The molecule has 2 aromatic carbocycles. The first-order valence-electron chi connectivity index (χ1n) is 10.6.